The van der Waals surface area contributed by atoms with E-state index in [0.717, 1.165) is 17.3 Å². The molecule has 0 saturated heterocycles. The summed E-state index contributed by atoms with van der Waals surface area (Å²) in [6, 6.07) is 3.69. The van der Waals surface area contributed by atoms with Crippen molar-refractivity contribution in [2.24, 2.45) is 0 Å². The van der Waals surface area contributed by atoms with E-state index in [9.17, 15) is 0 Å². The van der Waals surface area contributed by atoms with Gasteiger partial charge < -0.3 is 10.3 Å². The van der Waals surface area contributed by atoms with E-state index >= 15 is 0 Å². The Morgan fingerprint density at radius 3 is 2.94 bits per heavy atom. The minimum atomic E-state index is 0.625. The van der Waals surface area contributed by atoms with E-state index in [1.807, 2.05) is 19.1 Å². The molecule has 0 spiro atoms. The van der Waals surface area contributed by atoms with Crippen molar-refractivity contribution in [3.8, 4) is 0 Å². The lowest BCUT2D eigenvalue weighted by atomic mass is 10.4. The summed E-state index contributed by atoms with van der Waals surface area (Å²) in [4.78, 5) is 8.38. The molecule has 0 fully saturated rings. The molecule has 2 aromatic rings. The van der Waals surface area contributed by atoms with Gasteiger partial charge in [0.05, 0.1) is 22.7 Å². The van der Waals surface area contributed by atoms with Crippen LogP contribution in [0, 0.1) is 0 Å². The van der Waals surface area contributed by atoms with Gasteiger partial charge in [0, 0.05) is 6.42 Å². The molecule has 0 aliphatic carbocycles. The van der Waals surface area contributed by atoms with Gasteiger partial charge in [0.2, 0.25) is 5.89 Å². The third-order valence-electron chi connectivity index (χ3n) is 1.93. The number of rotatable bonds is 4. The molecule has 0 aliphatic heterocycles. The molecule has 0 saturated carbocycles. The maximum atomic E-state index is 5.54. The highest BCUT2D eigenvalue weighted by Gasteiger charge is 2.05. The van der Waals surface area contributed by atoms with Crippen LogP contribution in [0.4, 0.5) is 5.69 Å². The van der Waals surface area contributed by atoms with Gasteiger partial charge in [-0.15, -0.1) is 0 Å². The van der Waals surface area contributed by atoms with E-state index < -0.39 is 0 Å². The van der Waals surface area contributed by atoms with Crippen LogP contribution in [0.15, 0.2) is 27.9 Å². The van der Waals surface area contributed by atoms with Crippen molar-refractivity contribution in [1.82, 2.24) is 15.1 Å². The Morgan fingerprint density at radius 1 is 1.44 bits per heavy atom. The summed E-state index contributed by atoms with van der Waals surface area (Å²) in [5.74, 6) is 1.99. The second-order valence-electron chi connectivity index (χ2n) is 3.18. The highest BCUT2D eigenvalue weighted by molar-refractivity contribution is 7.98. The summed E-state index contributed by atoms with van der Waals surface area (Å²) in [7, 11) is 0. The molecule has 0 atom stereocenters. The van der Waals surface area contributed by atoms with Gasteiger partial charge in [-0.25, -0.2) is 4.98 Å². The normalized spacial score (nSPS) is 10.6. The summed E-state index contributed by atoms with van der Waals surface area (Å²) in [5, 5.41) is 4.72. The number of hydrogen-bond acceptors (Lipinski definition) is 6. The first kappa shape index (κ1) is 10.9. The second-order valence-corrected chi connectivity index (χ2v) is 4.17. The largest absolute Gasteiger partial charge is 0.397 e. The third kappa shape index (κ3) is 2.73. The molecule has 2 aromatic heterocycles. The predicted octanol–water partition coefficient (Wildman–Crippen LogP) is 1.90. The highest BCUT2D eigenvalue weighted by atomic mass is 32.2. The molecule has 2 rings (SSSR count). The number of aromatic nitrogens is 3. The smallest absolute Gasteiger partial charge is 0.237 e. The van der Waals surface area contributed by atoms with Crippen molar-refractivity contribution in [1.29, 1.82) is 0 Å². The van der Waals surface area contributed by atoms with Crippen LogP contribution >= 0.6 is 11.8 Å². The van der Waals surface area contributed by atoms with Crippen LogP contribution < -0.4 is 5.73 Å². The van der Waals surface area contributed by atoms with Crippen LogP contribution in [0.3, 0.4) is 0 Å². The minimum absolute atomic E-state index is 0.625. The Bertz CT molecular complexity index is 454. The molecule has 0 aromatic carbocycles. The lowest BCUT2D eigenvalue weighted by Crippen LogP contribution is -1.88. The summed E-state index contributed by atoms with van der Waals surface area (Å²) in [6.45, 7) is 1.99. The van der Waals surface area contributed by atoms with Crippen molar-refractivity contribution >= 4 is 17.4 Å². The fraction of sp³-hybridized carbons (Fsp3) is 0.300. The van der Waals surface area contributed by atoms with Crippen LogP contribution in [0.25, 0.3) is 0 Å². The van der Waals surface area contributed by atoms with Crippen molar-refractivity contribution in [3.05, 3.63) is 30.0 Å². The SMILES string of the molecule is CCc1noc(CSc2ccc(N)cn2)n1. The minimum Gasteiger partial charge on any atom is -0.397 e. The van der Waals surface area contributed by atoms with Crippen LogP contribution in [0.2, 0.25) is 0 Å². The Balaban J connectivity index is 1.94. The lowest BCUT2D eigenvalue weighted by Gasteiger charge is -1.97. The average Bonchev–Trinajstić information content (AvgIpc) is 2.76. The number of hydrogen-bond donors (Lipinski definition) is 1. The van der Waals surface area contributed by atoms with E-state index in [1.54, 1.807) is 18.0 Å². The molecule has 5 nitrogen and oxygen atoms in total. The number of thioether (sulfide) groups is 1. The molecule has 84 valence electrons. The first-order valence-corrected chi connectivity index (χ1v) is 5.92. The molecule has 0 radical (unpaired) electrons. The van der Waals surface area contributed by atoms with Crippen molar-refractivity contribution < 1.29 is 4.52 Å². The molecule has 0 aliphatic rings. The molecule has 0 bridgehead atoms. The summed E-state index contributed by atoms with van der Waals surface area (Å²) in [5.41, 5.74) is 6.21. The van der Waals surface area contributed by atoms with Crippen molar-refractivity contribution in [2.45, 2.75) is 24.1 Å². The van der Waals surface area contributed by atoms with Crippen LogP contribution in [0.1, 0.15) is 18.6 Å². The quantitative estimate of drug-likeness (QED) is 0.817. The number of aryl methyl sites for hydroxylation is 1. The molecule has 2 N–H and O–H groups in total. The van der Waals surface area contributed by atoms with Gasteiger partial charge in [0.15, 0.2) is 5.82 Å². The second kappa shape index (κ2) is 4.98. The summed E-state index contributed by atoms with van der Waals surface area (Å²) < 4.78 is 5.07. The Kier molecular flexibility index (Phi) is 3.40. The van der Waals surface area contributed by atoms with Gasteiger partial charge in [-0.2, -0.15) is 4.98 Å². The standard InChI is InChI=1S/C10H12N4OS/c1-2-8-13-9(15-14-8)6-16-10-4-3-7(11)5-12-10/h3-5H,2,6,11H2,1H3. The Labute approximate surface area is 97.5 Å². The average molecular weight is 236 g/mol. The summed E-state index contributed by atoms with van der Waals surface area (Å²) in [6.07, 6.45) is 2.42. The topological polar surface area (TPSA) is 77.8 Å². The number of nitrogen functional groups attached to an aromatic ring is 1. The van der Waals surface area contributed by atoms with E-state index in [0.29, 0.717) is 17.3 Å². The molecule has 0 unspecified atom stereocenters. The van der Waals surface area contributed by atoms with Gasteiger partial charge in [-0.3, -0.25) is 0 Å². The van der Waals surface area contributed by atoms with Gasteiger partial charge in [-0.05, 0) is 12.1 Å². The monoisotopic (exact) mass is 236 g/mol. The third-order valence-corrected chi connectivity index (χ3v) is 2.86. The van der Waals surface area contributed by atoms with Crippen LogP contribution in [-0.4, -0.2) is 15.1 Å². The molecule has 6 heteroatoms. The van der Waals surface area contributed by atoms with Gasteiger partial charge >= 0.3 is 0 Å². The Morgan fingerprint density at radius 2 is 2.31 bits per heavy atom. The molecular weight excluding hydrogens is 224 g/mol. The first-order valence-electron chi connectivity index (χ1n) is 4.93. The van der Waals surface area contributed by atoms with E-state index in [2.05, 4.69) is 15.1 Å². The number of nitrogens with two attached hydrogens (primary N) is 1. The molecule has 2 heterocycles. The lowest BCUT2D eigenvalue weighted by molar-refractivity contribution is 0.385. The van der Waals surface area contributed by atoms with Crippen LogP contribution in [0.5, 0.6) is 0 Å². The van der Waals surface area contributed by atoms with E-state index in [4.69, 9.17) is 10.3 Å². The van der Waals surface area contributed by atoms with E-state index in [-0.39, 0.29) is 0 Å². The zero-order chi connectivity index (χ0) is 11.4. The van der Waals surface area contributed by atoms with E-state index in [1.165, 1.54) is 0 Å². The number of nitrogens with zero attached hydrogens (tertiary/aromatic N) is 3. The zero-order valence-corrected chi connectivity index (χ0v) is 9.70. The number of pyridine rings is 1. The van der Waals surface area contributed by atoms with Gasteiger partial charge in [-0.1, -0.05) is 23.8 Å². The van der Waals surface area contributed by atoms with Crippen molar-refractivity contribution in [3.63, 3.8) is 0 Å². The van der Waals surface area contributed by atoms with Gasteiger partial charge in [0.1, 0.15) is 0 Å². The highest BCUT2D eigenvalue weighted by Crippen LogP contribution is 2.20. The fourth-order valence-electron chi connectivity index (χ4n) is 1.11. The maximum absolute atomic E-state index is 5.54. The predicted molar refractivity (Wildman–Crippen MR) is 61.9 cm³/mol. The first-order chi connectivity index (χ1) is 7.78. The van der Waals surface area contributed by atoms with Crippen molar-refractivity contribution in [2.75, 3.05) is 5.73 Å². The van der Waals surface area contributed by atoms with Gasteiger partial charge in [0.25, 0.3) is 0 Å². The summed E-state index contributed by atoms with van der Waals surface area (Å²) >= 11 is 1.54. The molecular formula is C10H12N4OS. The molecule has 16 heavy (non-hydrogen) atoms. The fourth-order valence-corrected chi connectivity index (χ4v) is 1.79. The number of anilines is 1. The Hall–Kier alpha value is -1.56. The van der Waals surface area contributed by atoms with Crippen LogP contribution in [-0.2, 0) is 12.2 Å². The molecule has 0 amide bonds. The zero-order valence-electron chi connectivity index (χ0n) is 8.88. The maximum Gasteiger partial charge on any atom is 0.237 e.